The smallest absolute Gasteiger partial charge is 0.245 e. The van der Waals surface area contributed by atoms with Crippen molar-refractivity contribution in [3.05, 3.63) is 26.8 Å². The first-order valence-electron chi connectivity index (χ1n) is 12.2. The fourth-order valence-electron chi connectivity index (χ4n) is 5.46. The van der Waals surface area contributed by atoms with E-state index in [0.29, 0.717) is 54.7 Å². The van der Waals surface area contributed by atoms with E-state index in [1.54, 1.807) is 17.0 Å². The van der Waals surface area contributed by atoms with Crippen LogP contribution in [-0.4, -0.2) is 97.9 Å². The van der Waals surface area contributed by atoms with Gasteiger partial charge in [0.1, 0.15) is 12.1 Å². The van der Waals surface area contributed by atoms with Crippen molar-refractivity contribution in [2.45, 2.75) is 56.3 Å². The summed E-state index contributed by atoms with van der Waals surface area (Å²) in [6.07, 6.45) is 4.63. The Morgan fingerprint density at radius 2 is 2.00 bits per heavy atom. The first kappa shape index (κ1) is 25.7. The van der Waals surface area contributed by atoms with Gasteiger partial charge in [0.2, 0.25) is 27.7 Å². The Kier molecular flexibility index (Phi) is 7.42. The van der Waals surface area contributed by atoms with Crippen LogP contribution in [0.5, 0.6) is 0 Å². The van der Waals surface area contributed by atoms with Gasteiger partial charge in [-0.2, -0.15) is 4.72 Å². The van der Waals surface area contributed by atoms with Crippen LogP contribution in [0.4, 0.5) is 0 Å². The summed E-state index contributed by atoms with van der Waals surface area (Å²) in [5.41, 5.74) is 0. The molecule has 0 unspecified atom stereocenters. The van der Waals surface area contributed by atoms with E-state index < -0.39 is 28.0 Å². The highest BCUT2D eigenvalue weighted by Crippen LogP contribution is 2.31. The van der Waals surface area contributed by atoms with Gasteiger partial charge in [0.15, 0.2) is 0 Å². The number of hydrogen-bond donors (Lipinski definition) is 1. The average molecular weight is 557 g/mol. The molecule has 5 heterocycles. The minimum atomic E-state index is -3.87. The summed E-state index contributed by atoms with van der Waals surface area (Å²) in [6.45, 7) is 1.80. The molecule has 4 fully saturated rings. The molecular formula is C23H29ClN4O6S2. The molecule has 36 heavy (non-hydrogen) atoms. The summed E-state index contributed by atoms with van der Waals surface area (Å²) < 4.78 is 33.7. The van der Waals surface area contributed by atoms with Gasteiger partial charge in [0, 0.05) is 29.9 Å². The van der Waals surface area contributed by atoms with Crippen LogP contribution in [0.25, 0.3) is 6.08 Å². The quantitative estimate of drug-likeness (QED) is 0.541. The fourth-order valence-corrected chi connectivity index (χ4v) is 7.53. The third-order valence-electron chi connectivity index (χ3n) is 7.21. The van der Waals surface area contributed by atoms with E-state index in [-0.39, 0.29) is 30.5 Å². The number of likely N-dealkylation sites (tertiary alicyclic amines) is 3. The number of nitrogens with zero attached hydrogens (tertiary/aromatic N) is 3. The number of carbonyl (C=O) groups excluding carboxylic acids is 3. The van der Waals surface area contributed by atoms with Gasteiger partial charge in [0.25, 0.3) is 0 Å². The number of fused-ring (bicyclic) bond motifs is 2. The van der Waals surface area contributed by atoms with Gasteiger partial charge >= 0.3 is 0 Å². The van der Waals surface area contributed by atoms with Crippen LogP contribution >= 0.6 is 22.9 Å². The first-order chi connectivity index (χ1) is 17.2. The third kappa shape index (κ3) is 5.47. The van der Waals surface area contributed by atoms with E-state index in [1.165, 1.54) is 22.3 Å². The van der Waals surface area contributed by atoms with Crippen molar-refractivity contribution >= 4 is 56.8 Å². The zero-order chi connectivity index (χ0) is 25.4. The van der Waals surface area contributed by atoms with Crippen LogP contribution in [0.1, 0.15) is 37.0 Å². The Balaban J connectivity index is 1.18. The molecule has 10 nitrogen and oxygen atoms in total. The number of hydrogen-bond acceptors (Lipinski definition) is 7. The lowest BCUT2D eigenvalue weighted by Crippen LogP contribution is -2.56. The van der Waals surface area contributed by atoms with Gasteiger partial charge < -0.3 is 19.4 Å². The lowest BCUT2D eigenvalue weighted by Gasteiger charge is -2.35. The molecule has 1 aromatic rings. The van der Waals surface area contributed by atoms with Gasteiger partial charge in [-0.15, -0.1) is 11.3 Å². The number of morpholine rings is 1. The molecule has 0 aromatic carbocycles. The SMILES string of the molecule is O=C1[C@@H](NS(=O)(=O)C=Cc2ccc(Cl)s2)CCCN1CC(=O)N1CCC[C@H]1C(=O)N1C[C@@H]2C[C@H]1CO2. The van der Waals surface area contributed by atoms with E-state index in [2.05, 4.69) is 4.72 Å². The maximum atomic E-state index is 13.2. The van der Waals surface area contributed by atoms with Gasteiger partial charge in [0.05, 0.1) is 29.6 Å². The first-order valence-corrected chi connectivity index (χ1v) is 14.9. The van der Waals surface area contributed by atoms with Gasteiger partial charge in [-0.25, -0.2) is 8.42 Å². The maximum Gasteiger partial charge on any atom is 0.245 e. The molecule has 0 spiro atoms. The summed E-state index contributed by atoms with van der Waals surface area (Å²) in [7, 11) is -3.87. The van der Waals surface area contributed by atoms with Gasteiger partial charge in [-0.05, 0) is 50.3 Å². The van der Waals surface area contributed by atoms with Crippen molar-refractivity contribution in [3.8, 4) is 0 Å². The van der Waals surface area contributed by atoms with Crippen molar-refractivity contribution in [2.24, 2.45) is 0 Å². The van der Waals surface area contributed by atoms with Crippen molar-refractivity contribution in [3.63, 3.8) is 0 Å². The van der Waals surface area contributed by atoms with E-state index in [9.17, 15) is 22.8 Å². The maximum absolute atomic E-state index is 13.2. The second kappa shape index (κ2) is 10.4. The van der Waals surface area contributed by atoms with Crippen molar-refractivity contribution in [1.82, 2.24) is 19.4 Å². The van der Waals surface area contributed by atoms with Crippen LogP contribution in [-0.2, 0) is 29.1 Å². The molecule has 1 N–H and O–H groups in total. The van der Waals surface area contributed by atoms with Crippen LogP contribution in [0, 0.1) is 0 Å². The van der Waals surface area contributed by atoms with E-state index in [4.69, 9.17) is 16.3 Å². The molecule has 4 saturated heterocycles. The molecule has 5 rings (SSSR count). The predicted octanol–water partition coefficient (Wildman–Crippen LogP) is 1.27. The van der Waals surface area contributed by atoms with Crippen LogP contribution in [0.3, 0.4) is 0 Å². The largest absolute Gasteiger partial charge is 0.374 e. The molecule has 4 atom stereocenters. The van der Waals surface area contributed by atoms with Gasteiger partial charge in [-0.1, -0.05) is 11.6 Å². The Morgan fingerprint density at radius 1 is 1.19 bits per heavy atom. The molecule has 13 heteroatoms. The molecule has 0 saturated carbocycles. The van der Waals surface area contributed by atoms with E-state index in [0.717, 1.165) is 18.2 Å². The zero-order valence-electron chi connectivity index (χ0n) is 19.7. The van der Waals surface area contributed by atoms with Crippen LogP contribution in [0.15, 0.2) is 17.5 Å². The second-order valence-electron chi connectivity index (χ2n) is 9.64. The number of halogens is 1. The summed E-state index contributed by atoms with van der Waals surface area (Å²) >= 11 is 7.12. The monoisotopic (exact) mass is 556 g/mol. The molecule has 4 aliphatic heterocycles. The molecule has 4 aliphatic rings. The van der Waals surface area contributed by atoms with Crippen LogP contribution < -0.4 is 4.72 Å². The molecule has 3 amide bonds. The molecular weight excluding hydrogens is 528 g/mol. The molecule has 0 radical (unpaired) electrons. The summed E-state index contributed by atoms with van der Waals surface area (Å²) in [5, 5.41) is 1.02. The van der Waals surface area contributed by atoms with Crippen LogP contribution in [0.2, 0.25) is 4.34 Å². The number of piperidine rings is 1. The number of carbonyl (C=O) groups is 3. The lowest BCUT2D eigenvalue weighted by molar-refractivity contribution is -0.149. The minimum absolute atomic E-state index is 0.0360. The Hall–Kier alpha value is -1.99. The number of thiophene rings is 1. The standard InChI is InChI=1S/C23H29ClN4O6S2/c24-20-6-5-17(35-20)7-10-36(32,33)25-18-3-1-8-26(22(18)30)13-21(29)27-9-2-4-19(27)23(31)28-12-16-11-15(28)14-34-16/h5-7,10,15-16,18-19,25H,1-4,8-9,11-14H2/t15-,16-,18-,19-/m0/s1. The number of rotatable bonds is 7. The third-order valence-corrected chi connectivity index (χ3v) is 9.51. The summed E-state index contributed by atoms with van der Waals surface area (Å²) in [5.74, 6) is -0.745. The summed E-state index contributed by atoms with van der Waals surface area (Å²) in [4.78, 5) is 44.9. The minimum Gasteiger partial charge on any atom is -0.374 e. The lowest BCUT2D eigenvalue weighted by atomic mass is 10.1. The Labute approximate surface area is 219 Å². The van der Waals surface area contributed by atoms with Crippen molar-refractivity contribution in [2.75, 3.05) is 32.8 Å². The summed E-state index contributed by atoms with van der Waals surface area (Å²) in [6, 6.07) is 2.01. The highest BCUT2D eigenvalue weighted by molar-refractivity contribution is 7.92. The van der Waals surface area contributed by atoms with Gasteiger partial charge in [-0.3, -0.25) is 14.4 Å². The highest BCUT2D eigenvalue weighted by atomic mass is 35.5. The molecule has 1 aromatic heterocycles. The highest BCUT2D eigenvalue weighted by Gasteiger charge is 2.46. The van der Waals surface area contributed by atoms with Crippen molar-refractivity contribution in [1.29, 1.82) is 0 Å². The molecule has 2 bridgehead atoms. The predicted molar refractivity (Wildman–Crippen MR) is 135 cm³/mol. The molecule has 0 aliphatic carbocycles. The van der Waals surface area contributed by atoms with Crippen molar-refractivity contribution < 1.29 is 27.5 Å². The molecule has 196 valence electrons. The van der Waals surface area contributed by atoms with E-state index in [1.807, 2.05) is 4.90 Å². The van der Waals surface area contributed by atoms with E-state index >= 15 is 0 Å². The number of amides is 3. The number of sulfonamides is 1. The Bertz CT molecular complexity index is 1170. The topological polar surface area (TPSA) is 116 Å². The zero-order valence-corrected chi connectivity index (χ0v) is 22.1. The fraction of sp³-hybridized carbons (Fsp3) is 0.609. The Morgan fingerprint density at radius 3 is 2.69 bits per heavy atom. The number of nitrogens with one attached hydrogen (secondary N) is 1. The second-order valence-corrected chi connectivity index (χ2v) is 13.0. The normalized spacial score (nSPS) is 28.6. The average Bonchev–Trinajstić information content (AvgIpc) is 3.64. The number of ether oxygens (including phenoxy) is 1.